The third-order valence-corrected chi connectivity index (χ3v) is 4.36. The molecule has 0 unspecified atom stereocenters. The van der Waals surface area contributed by atoms with E-state index in [9.17, 15) is 4.21 Å². The molecule has 17 heavy (non-hydrogen) atoms. The summed E-state index contributed by atoms with van der Waals surface area (Å²) in [6.45, 7) is 0. The van der Waals surface area contributed by atoms with E-state index in [1.165, 1.54) is 0 Å². The van der Waals surface area contributed by atoms with Crippen LogP contribution in [0.5, 0.6) is 0 Å². The van der Waals surface area contributed by atoms with Crippen LogP contribution in [0.15, 0.2) is 18.3 Å². The van der Waals surface area contributed by atoms with Gasteiger partial charge in [-0.15, -0.1) is 0 Å². The second kappa shape index (κ2) is 5.55. The maximum Gasteiger partial charge on any atom is 0.124 e. The van der Waals surface area contributed by atoms with Gasteiger partial charge in [-0.3, -0.25) is 9.19 Å². The van der Waals surface area contributed by atoms with Crippen LogP contribution in [0.25, 0.3) is 0 Å². The molecule has 0 radical (unpaired) electrons. The molecule has 1 aliphatic rings. The number of hydrogen-bond acceptors (Lipinski definition) is 4. The highest BCUT2D eigenvalue weighted by Crippen LogP contribution is 2.18. The van der Waals surface area contributed by atoms with Crippen molar-refractivity contribution >= 4 is 33.7 Å². The van der Waals surface area contributed by atoms with Crippen LogP contribution in [0.1, 0.15) is 18.5 Å². The molecule has 0 aromatic carbocycles. The lowest BCUT2D eigenvalue weighted by Gasteiger charge is -2.24. The maximum absolute atomic E-state index is 11.3. The predicted molar refractivity (Wildman–Crippen MR) is 74.6 cm³/mol. The summed E-state index contributed by atoms with van der Waals surface area (Å²) in [5, 5.41) is 3.39. The average Bonchev–Trinajstić information content (AvgIpc) is 2.32. The van der Waals surface area contributed by atoms with E-state index in [2.05, 4.69) is 10.3 Å². The SMILES string of the molecule is NC(=S)c1ncccc1NC1CCS(=O)CC1. The molecule has 1 fully saturated rings. The molecule has 3 N–H and O–H groups in total. The Morgan fingerprint density at radius 1 is 1.53 bits per heavy atom. The third kappa shape index (κ3) is 3.23. The van der Waals surface area contributed by atoms with Gasteiger partial charge in [-0.25, -0.2) is 0 Å². The minimum Gasteiger partial charge on any atom is -0.388 e. The predicted octanol–water partition coefficient (Wildman–Crippen LogP) is 1.04. The van der Waals surface area contributed by atoms with E-state index in [-0.39, 0.29) is 0 Å². The molecular weight excluding hydrogens is 254 g/mol. The number of nitrogens with zero attached hydrogens (tertiary/aromatic N) is 1. The molecular formula is C11H15N3OS2. The van der Waals surface area contributed by atoms with Crippen LogP contribution in [0.3, 0.4) is 0 Å². The van der Waals surface area contributed by atoms with Crippen molar-refractivity contribution in [3.8, 4) is 0 Å². The van der Waals surface area contributed by atoms with Crippen LogP contribution in [0, 0.1) is 0 Å². The first kappa shape index (κ1) is 12.4. The Labute approximate surface area is 108 Å². The quantitative estimate of drug-likeness (QED) is 0.803. The Morgan fingerprint density at radius 2 is 2.24 bits per heavy atom. The lowest BCUT2D eigenvalue weighted by molar-refractivity contribution is 0.624. The van der Waals surface area contributed by atoms with E-state index >= 15 is 0 Å². The van der Waals surface area contributed by atoms with E-state index in [4.69, 9.17) is 18.0 Å². The molecule has 1 aliphatic heterocycles. The van der Waals surface area contributed by atoms with Crippen molar-refractivity contribution in [1.29, 1.82) is 0 Å². The summed E-state index contributed by atoms with van der Waals surface area (Å²) in [6.07, 6.45) is 3.51. The summed E-state index contributed by atoms with van der Waals surface area (Å²) in [4.78, 5) is 4.47. The maximum atomic E-state index is 11.3. The van der Waals surface area contributed by atoms with Gasteiger partial charge in [-0.05, 0) is 25.0 Å². The van der Waals surface area contributed by atoms with Gasteiger partial charge >= 0.3 is 0 Å². The second-order valence-electron chi connectivity index (χ2n) is 4.03. The van der Waals surface area contributed by atoms with E-state index < -0.39 is 10.8 Å². The number of rotatable bonds is 3. The van der Waals surface area contributed by atoms with E-state index in [1.54, 1.807) is 6.20 Å². The van der Waals surface area contributed by atoms with E-state index in [0.717, 1.165) is 30.0 Å². The summed E-state index contributed by atoms with van der Waals surface area (Å²) in [7, 11) is -0.639. The first-order chi connectivity index (χ1) is 8.16. The highest BCUT2D eigenvalue weighted by atomic mass is 32.2. The molecule has 92 valence electrons. The van der Waals surface area contributed by atoms with Gasteiger partial charge in [-0.2, -0.15) is 0 Å². The number of anilines is 1. The van der Waals surface area contributed by atoms with Crippen molar-refractivity contribution in [3.05, 3.63) is 24.0 Å². The van der Waals surface area contributed by atoms with Gasteiger partial charge in [-0.1, -0.05) is 12.2 Å². The summed E-state index contributed by atoms with van der Waals surface area (Å²) in [5.41, 5.74) is 7.13. The average molecular weight is 269 g/mol. The second-order valence-corrected chi connectivity index (χ2v) is 6.17. The molecule has 0 atom stereocenters. The van der Waals surface area contributed by atoms with Gasteiger partial charge in [0, 0.05) is 34.5 Å². The summed E-state index contributed by atoms with van der Waals surface area (Å²) < 4.78 is 11.3. The van der Waals surface area contributed by atoms with Gasteiger partial charge in [0.15, 0.2) is 0 Å². The standard InChI is InChI=1S/C11H15N3OS2/c12-11(16)10-9(2-1-5-13-10)14-8-3-6-17(15)7-4-8/h1-2,5,8,14H,3-4,6-7H2,(H2,12,16). The highest BCUT2D eigenvalue weighted by molar-refractivity contribution is 7.85. The van der Waals surface area contributed by atoms with Crippen molar-refractivity contribution in [3.63, 3.8) is 0 Å². The number of pyridine rings is 1. The molecule has 0 aliphatic carbocycles. The molecule has 0 saturated carbocycles. The monoisotopic (exact) mass is 269 g/mol. The van der Waals surface area contributed by atoms with Crippen LogP contribution >= 0.6 is 12.2 Å². The van der Waals surface area contributed by atoms with Gasteiger partial charge in [0.25, 0.3) is 0 Å². The minimum atomic E-state index is -0.639. The van der Waals surface area contributed by atoms with Gasteiger partial charge in [0.05, 0.1) is 5.69 Å². The lowest BCUT2D eigenvalue weighted by Crippen LogP contribution is -2.30. The first-order valence-electron chi connectivity index (χ1n) is 5.53. The fraction of sp³-hybridized carbons (Fsp3) is 0.455. The van der Waals surface area contributed by atoms with Crippen LogP contribution in [0.4, 0.5) is 5.69 Å². The van der Waals surface area contributed by atoms with Crippen LogP contribution in [0.2, 0.25) is 0 Å². The number of nitrogens with two attached hydrogens (primary N) is 1. The van der Waals surface area contributed by atoms with Crippen LogP contribution in [-0.4, -0.2) is 31.7 Å². The van der Waals surface area contributed by atoms with Gasteiger partial charge in [0.1, 0.15) is 10.7 Å². The number of thiocarbonyl (C=S) groups is 1. The molecule has 6 heteroatoms. The molecule has 0 spiro atoms. The number of hydrogen-bond donors (Lipinski definition) is 2. The lowest BCUT2D eigenvalue weighted by atomic mass is 10.1. The largest absolute Gasteiger partial charge is 0.388 e. The van der Waals surface area contributed by atoms with Crippen molar-refractivity contribution in [2.75, 3.05) is 16.8 Å². The Hall–Kier alpha value is -1.01. The van der Waals surface area contributed by atoms with Crippen molar-refractivity contribution in [1.82, 2.24) is 4.98 Å². The van der Waals surface area contributed by atoms with Gasteiger partial charge < -0.3 is 11.1 Å². The Kier molecular flexibility index (Phi) is 4.06. The molecule has 0 amide bonds. The van der Waals surface area contributed by atoms with Gasteiger partial charge in [0.2, 0.25) is 0 Å². The molecule has 1 aromatic rings. The molecule has 2 rings (SSSR count). The Morgan fingerprint density at radius 3 is 2.88 bits per heavy atom. The summed E-state index contributed by atoms with van der Waals surface area (Å²) in [6, 6.07) is 4.11. The van der Waals surface area contributed by atoms with Crippen molar-refractivity contribution in [2.45, 2.75) is 18.9 Å². The Bertz CT molecular complexity index is 440. The highest BCUT2D eigenvalue weighted by Gasteiger charge is 2.18. The van der Waals surface area contributed by atoms with Crippen molar-refractivity contribution < 1.29 is 4.21 Å². The molecule has 1 aromatic heterocycles. The molecule has 4 nitrogen and oxygen atoms in total. The van der Waals surface area contributed by atoms with E-state index in [0.29, 0.717) is 16.7 Å². The number of nitrogens with one attached hydrogen (secondary N) is 1. The summed E-state index contributed by atoms with van der Waals surface area (Å²) >= 11 is 4.96. The van der Waals surface area contributed by atoms with E-state index in [1.807, 2.05) is 12.1 Å². The summed E-state index contributed by atoms with van der Waals surface area (Å²) in [5.74, 6) is 1.53. The topological polar surface area (TPSA) is 68.0 Å². The zero-order valence-corrected chi connectivity index (χ0v) is 11.0. The normalized spacial score (nSPS) is 24.2. The van der Waals surface area contributed by atoms with Crippen LogP contribution in [-0.2, 0) is 10.8 Å². The van der Waals surface area contributed by atoms with Crippen molar-refractivity contribution in [2.24, 2.45) is 5.73 Å². The molecule has 2 heterocycles. The molecule has 0 bridgehead atoms. The molecule has 1 saturated heterocycles. The fourth-order valence-corrected chi connectivity index (χ4v) is 3.34. The first-order valence-corrected chi connectivity index (χ1v) is 7.43. The number of aromatic nitrogens is 1. The zero-order valence-electron chi connectivity index (χ0n) is 9.39. The minimum absolute atomic E-state index is 0.299. The third-order valence-electron chi connectivity index (χ3n) is 2.79. The smallest absolute Gasteiger partial charge is 0.124 e. The fourth-order valence-electron chi connectivity index (χ4n) is 1.88. The van der Waals surface area contributed by atoms with Crippen LogP contribution < -0.4 is 11.1 Å². The zero-order chi connectivity index (χ0) is 12.3. The Balaban J connectivity index is 2.08.